The molecule has 35 heavy (non-hydrogen) atoms. The number of thiophene rings is 1. The number of aryl methyl sites for hydroxylation is 1. The fourth-order valence-electron chi connectivity index (χ4n) is 3.86. The molecule has 9 nitrogen and oxygen atoms in total. The van der Waals surface area contributed by atoms with Gasteiger partial charge in [0.05, 0.1) is 31.4 Å². The summed E-state index contributed by atoms with van der Waals surface area (Å²) in [6.07, 6.45) is 4.33. The first kappa shape index (κ1) is 24.8. The number of fused-ring (bicyclic) bond motifs is 1. The van der Waals surface area contributed by atoms with E-state index in [9.17, 15) is 14.9 Å². The van der Waals surface area contributed by atoms with Crippen molar-refractivity contribution in [3.8, 4) is 11.8 Å². The van der Waals surface area contributed by atoms with Crippen LogP contribution in [0.3, 0.4) is 0 Å². The third-order valence-corrected chi connectivity index (χ3v) is 7.99. The fourth-order valence-corrected chi connectivity index (χ4v) is 5.84. The second-order valence-electron chi connectivity index (χ2n) is 8.12. The van der Waals surface area contributed by atoms with E-state index in [-0.39, 0.29) is 30.5 Å². The zero-order chi connectivity index (χ0) is 24.8. The number of ether oxygens (including phenoxy) is 1. The highest BCUT2D eigenvalue weighted by Crippen LogP contribution is 2.37. The minimum Gasteiger partial charge on any atom is -0.497 e. The normalized spacial score (nSPS) is 12.5. The average molecular weight is 511 g/mol. The lowest BCUT2D eigenvalue weighted by molar-refractivity contribution is -0.120. The molecule has 1 aliphatic carbocycles. The maximum atomic E-state index is 12.6. The van der Waals surface area contributed by atoms with Gasteiger partial charge < -0.3 is 19.9 Å². The number of rotatable bonds is 9. The molecule has 1 aromatic carbocycles. The number of carbonyl (C=O) groups excluding carboxylic acids is 2. The van der Waals surface area contributed by atoms with Gasteiger partial charge >= 0.3 is 0 Å². The summed E-state index contributed by atoms with van der Waals surface area (Å²) >= 11 is 2.77. The van der Waals surface area contributed by atoms with Gasteiger partial charge in [0.15, 0.2) is 11.0 Å². The van der Waals surface area contributed by atoms with Gasteiger partial charge in [0.25, 0.3) is 0 Å². The number of anilines is 1. The van der Waals surface area contributed by atoms with Crippen LogP contribution < -0.4 is 15.4 Å². The number of amides is 2. The van der Waals surface area contributed by atoms with E-state index in [1.54, 1.807) is 18.7 Å². The molecule has 0 atom stereocenters. The van der Waals surface area contributed by atoms with Crippen LogP contribution in [0, 0.1) is 11.3 Å². The van der Waals surface area contributed by atoms with Gasteiger partial charge in [-0.15, -0.1) is 21.5 Å². The molecule has 11 heteroatoms. The van der Waals surface area contributed by atoms with Crippen molar-refractivity contribution in [2.24, 2.45) is 7.05 Å². The van der Waals surface area contributed by atoms with Crippen LogP contribution in [-0.4, -0.2) is 39.4 Å². The zero-order valence-corrected chi connectivity index (χ0v) is 21.2. The maximum absolute atomic E-state index is 12.6. The van der Waals surface area contributed by atoms with E-state index in [1.165, 1.54) is 28.0 Å². The smallest absolute Gasteiger partial charge is 0.235 e. The minimum absolute atomic E-state index is 0.126. The van der Waals surface area contributed by atoms with Gasteiger partial charge in [-0.3, -0.25) is 9.59 Å². The quantitative estimate of drug-likeness (QED) is 0.424. The molecular weight excluding hydrogens is 484 g/mol. The number of benzene rings is 1. The van der Waals surface area contributed by atoms with Crippen molar-refractivity contribution in [2.45, 2.75) is 43.8 Å². The van der Waals surface area contributed by atoms with Gasteiger partial charge in [0.2, 0.25) is 11.8 Å². The third-order valence-electron chi connectivity index (χ3n) is 5.76. The first-order valence-electron chi connectivity index (χ1n) is 11.2. The number of carbonyl (C=O) groups is 2. The summed E-state index contributed by atoms with van der Waals surface area (Å²) in [6, 6.07) is 9.60. The van der Waals surface area contributed by atoms with Gasteiger partial charge in [0, 0.05) is 11.9 Å². The second-order valence-corrected chi connectivity index (χ2v) is 10.2. The van der Waals surface area contributed by atoms with Crippen LogP contribution >= 0.6 is 23.1 Å². The molecule has 0 bridgehead atoms. The molecule has 2 amide bonds. The molecule has 0 aliphatic heterocycles. The molecule has 0 saturated heterocycles. The second kappa shape index (κ2) is 11.4. The Bertz CT molecular complexity index is 1260. The Morgan fingerprint density at radius 1 is 1.20 bits per heavy atom. The van der Waals surface area contributed by atoms with Crippen LogP contribution in [0.1, 0.15) is 40.2 Å². The van der Waals surface area contributed by atoms with Crippen molar-refractivity contribution < 1.29 is 14.3 Å². The Morgan fingerprint density at radius 3 is 2.71 bits per heavy atom. The molecule has 3 aromatic rings. The maximum Gasteiger partial charge on any atom is 0.235 e. The molecule has 0 unspecified atom stereocenters. The van der Waals surface area contributed by atoms with Crippen molar-refractivity contribution in [1.82, 2.24) is 20.1 Å². The summed E-state index contributed by atoms with van der Waals surface area (Å²) in [7, 11) is 3.40. The number of hydrogen-bond donors (Lipinski definition) is 2. The van der Waals surface area contributed by atoms with Crippen LogP contribution in [0.2, 0.25) is 0 Å². The minimum atomic E-state index is -0.192. The SMILES string of the molecule is COc1ccc(CC(=O)NCc2nnc(SCC(=O)Nc3sc4c(c3C#N)CCCC4)n2C)cc1. The van der Waals surface area contributed by atoms with Gasteiger partial charge in [-0.05, 0) is 48.9 Å². The predicted molar refractivity (Wildman–Crippen MR) is 135 cm³/mol. The van der Waals surface area contributed by atoms with Crippen molar-refractivity contribution in [2.75, 3.05) is 18.2 Å². The average Bonchev–Trinajstić information content (AvgIpc) is 3.40. The molecule has 0 saturated carbocycles. The Hall–Kier alpha value is -3.36. The molecule has 0 radical (unpaired) electrons. The van der Waals surface area contributed by atoms with E-state index in [2.05, 4.69) is 26.9 Å². The van der Waals surface area contributed by atoms with Crippen LogP contribution in [0.15, 0.2) is 29.4 Å². The van der Waals surface area contributed by atoms with Crippen LogP contribution in [-0.2, 0) is 42.4 Å². The summed E-state index contributed by atoms with van der Waals surface area (Å²) in [5, 5.41) is 24.8. The van der Waals surface area contributed by atoms with E-state index < -0.39 is 0 Å². The summed E-state index contributed by atoms with van der Waals surface area (Å²) < 4.78 is 6.89. The number of nitrogens with zero attached hydrogens (tertiary/aromatic N) is 4. The summed E-state index contributed by atoms with van der Waals surface area (Å²) in [4.78, 5) is 26.1. The Kier molecular flexibility index (Phi) is 8.05. The fraction of sp³-hybridized carbons (Fsp3) is 0.375. The Labute approximate surface area is 211 Å². The summed E-state index contributed by atoms with van der Waals surface area (Å²) in [5.41, 5.74) is 2.59. The van der Waals surface area contributed by atoms with Gasteiger partial charge in [-0.25, -0.2) is 0 Å². The number of methoxy groups -OCH3 is 1. The number of thioether (sulfide) groups is 1. The number of aromatic nitrogens is 3. The van der Waals surface area contributed by atoms with Crippen molar-refractivity contribution in [1.29, 1.82) is 5.26 Å². The number of hydrogen-bond acceptors (Lipinski definition) is 8. The van der Waals surface area contributed by atoms with Crippen molar-refractivity contribution in [3.63, 3.8) is 0 Å². The van der Waals surface area contributed by atoms with Gasteiger partial charge in [0.1, 0.15) is 16.8 Å². The molecule has 2 heterocycles. The first-order chi connectivity index (χ1) is 17.0. The molecule has 2 N–H and O–H groups in total. The predicted octanol–water partition coefficient (Wildman–Crippen LogP) is 3.23. The molecule has 1 aliphatic rings. The molecule has 4 rings (SSSR count). The largest absolute Gasteiger partial charge is 0.497 e. The highest BCUT2D eigenvalue weighted by atomic mass is 32.2. The molecular formula is C24H26N6O3S2. The van der Waals surface area contributed by atoms with E-state index in [1.807, 2.05) is 24.3 Å². The molecule has 0 fully saturated rings. The highest BCUT2D eigenvalue weighted by molar-refractivity contribution is 7.99. The Balaban J connectivity index is 1.27. The lowest BCUT2D eigenvalue weighted by Crippen LogP contribution is -2.26. The lowest BCUT2D eigenvalue weighted by Gasteiger charge is -2.09. The van der Waals surface area contributed by atoms with Crippen LogP contribution in [0.5, 0.6) is 5.75 Å². The van der Waals surface area contributed by atoms with Crippen molar-refractivity contribution in [3.05, 3.63) is 51.7 Å². The Morgan fingerprint density at radius 2 is 1.97 bits per heavy atom. The standard InChI is InChI=1S/C24H26N6O3S2/c1-30-20(13-26-21(31)11-15-7-9-16(33-2)10-8-15)28-29-24(30)34-14-22(32)27-23-18(12-25)17-5-3-4-6-19(17)35-23/h7-10H,3-6,11,13-14H2,1-2H3,(H,26,31)(H,27,32). The van der Waals surface area contributed by atoms with Crippen LogP contribution in [0.4, 0.5) is 5.00 Å². The molecule has 0 spiro atoms. The zero-order valence-electron chi connectivity index (χ0n) is 19.6. The van der Waals surface area contributed by atoms with E-state index in [0.717, 1.165) is 42.6 Å². The summed E-state index contributed by atoms with van der Waals surface area (Å²) in [5.74, 6) is 1.16. The topological polar surface area (TPSA) is 122 Å². The highest BCUT2D eigenvalue weighted by Gasteiger charge is 2.22. The van der Waals surface area contributed by atoms with Gasteiger partial charge in [-0.2, -0.15) is 5.26 Å². The monoisotopic (exact) mass is 510 g/mol. The van der Waals surface area contributed by atoms with Crippen LogP contribution in [0.25, 0.3) is 0 Å². The van der Waals surface area contributed by atoms with E-state index in [4.69, 9.17) is 4.74 Å². The molecule has 182 valence electrons. The lowest BCUT2D eigenvalue weighted by atomic mass is 9.96. The number of nitrogens with one attached hydrogen (secondary N) is 2. The van der Waals surface area contributed by atoms with E-state index in [0.29, 0.717) is 21.5 Å². The third kappa shape index (κ3) is 6.01. The first-order valence-corrected chi connectivity index (χ1v) is 13.0. The molecule has 2 aromatic heterocycles. The summed E-state index contributed by atoms with van der Waals surface area (Å²) in [6.45, 7) is 0.234. The van der Waals surface area contributed by atoms with Crippen molar-refractivity contribution >= 4 is 39.9 Å². The van der Waals surface area contributed by atoms with Gasteiger partial charge in [-0.1, -0.05) is 23.9 Å². The van der Waals surface area contributed by atoms with E-state index >= 15 is 0 Å². The number of nitriles is 1.